The number of anilines is 2. The molecule has 2 saturated heterocycles. The molecule has 2 heterocycles. The molecule has 2 aliphatic rings. The number of rotatable bonds is 6. The Morgan fingerprint density at radius 2 is 1.03 bits per heavy atom. The van der Waals surface area contributed by atoms with Crippen LogP contribution in [0, 0.1) is 0 Å². The number of piperazine rings is 2. The summed E-state index contributed by atoms with van der Waals surface area (Å²) >= 11 is 0. The monoisotopic (exact) mass is 393 g/mol. The van der Waals surface area contributed by atoms with Crippen molar-refractivity contribution in [1.29, 1.82) is 0 Å². The van der Waals surface area contributed by atoms with E-state index in [1.165, 1.54) is 19.1 Å². The van der Waals surface area contributed by atoms with Gasteiger partial charge in [-0.05, 0) is 38.4 Å². The molecule has 0 atom stereocenters. The molecule has 2 aromatic carbocycles. The van der Waals surface area contributed by atoms with Crippen molar-refractivity contribution in [3.63, 3.8) is 0 Å². The van der Waals surface area contributed by atoms with Gasteiger partial charge in [-0.15, -0.1) is 0 Å². The van der Waals surface area contributed by atoms with Crippen LogP contribution in [0.15, 0.2) is 48.5 Å². The van der Waals surface area contributed by atoms with Crippen LogP contribution in [0.2, 0.25) is 0 Å². The smallest absolute Gasteiger partial charge is 0.526 e. The molecule has 0 unspecified atom stereocenters. The van der Waals surface area contributed by atoms with E-state index in [1.54, 1.807) is 0 Å². The van der Waals surface area contributed by atoms with Gasteiger partial charge in [-0.1, -0.05) is 12.1 Å². The molecule has 0 N–H and O–H groups in total. The van der Waals surface area contributed by atoms with E-state index in [-0.39, 0.29) is 0 Å². The van der Waals surface area contributed by atoms with Crippen LogP contribution in [0.25, 0.3) is 0 Å². The molecule has 0 aliphatic carbocycles. The minimum absolute atomic E-state index is 0.789. The van der Waals surface area contributed by atoms with Crippen molar-refractivity contribution in [2.45, 2.75) is 0 Å². The zero-order valence-corrected chi connectivity index (χ0v) is 17.5. The van der Waals surface area contributed by atoms with Crippen molar-refractivity contribution in [2.75, 3.05) is 76.3 Å². The molecular weight excluding hydrogens is 363 g/mol. The van der Waals surface area contributed by atoms with E-state index in [1.807, 2.05) is 24.3 Å². The summed E-state index contributed by atoms with van der Waals surface area (Å²) in [6.45, 7) is 8.51. The molecule has 153 valence electrons. The molecule has 0 amide bonds. The van der Waals surface area contributed by atoms with Gasteiger partial charge in [0.05, 0.1) is 0 Å². The second-order valence-electron chi connectivity index (χ2n) is 7.91. The fourth-order valence-corrected chi connectivity index (χ4v) is 3.77. The topological polar surface area (TPSA) is 31.4 Å². The Morgan fingerprint density at radius 1 is 0.621 bits per heavy atom. The first kappa shape index (κ1) is 19.9. The van der Waals surface area contributed by atoms with Crippen molar-refractivity contribution in [3.05, 3.63) is 48.5 Å². The molecule has 0 bridgehead atoms. The summed E-state index contributed by atoms with van der Waals surface area (Å²) in [5.74, 6) is 1.58. The van der Waals surface area contributed by atoms with Gasteiger partial charge in [-0.3, -0.25) is 0 Å². The van der Waals surface area contributed by atoms with Gasteiger partial charge >= 0.3 is 7.69 Å². The van der Waals surface area contributed by atoms with Crippen LogP contribution >= 0.6 is 0 Å². The first-order valence-electron chi connectivity index (χ1n) is 10.4. The highest BCUT2D eigenvalue weighted by atomic mass is 16.6. The van der Waals surface area contributed by atoms with Crippen molar-refractivity contribution < 1.29 is 9.31 Å². The van der Waals surface area contributed by atoms with Crippen LogP contribution in [-0.4, -0.2) is 83.9 Å². The van der Waals surface area contributed by atoms with Crippen LogP contribution < -0.4 is 19.1 Å². The molecule has 2 fully saturated rings. The lowest BCUT2D eigenvalue weighted by molar-refractivity contribution is 0.312. The van der Waals surface area contributed by atoms with E-state index in [9.17, 15) is 0 Å². The third-order valence-corrected chi connectivity index (χ3v) is 5.74. The number of likely N-dealkylation sites (N-methyl/N-ethyl adjacent to an activating group) is 2. The van der Waals surface area contributed by atoms with Gasteiger partial charge in [0.2, 0.25) is 0 Å². The van der Waals surface area contributed by atoms with Gasteiger partial charge in [0.25, 0.3) is 0 Å². The summed E-state index contributed by atoms with van der Waals surface area (Å²) in [7, 11) is 5.76. The van der Waals surface area contributed by atoms with Crippen molar-refractivity contribution in [1.82, 2.24) is 9.80 Å². The normalized spacial score (nSPS) is 18.6. The summed E-state index contributed by atoms with van der Waals surface area (Å²) in [5, 5.41) is 0. The minimum Gasteiger partial charge on any atom is -0.526 e. The Labute approximate surface area is 174 Å². The maximum atomic E-state index is 5.76. The van der Waals surface area contributed by atoms with E-state index in [0.717, 1.165) is 63.9 Å². The molecule has 2 aromatic rings. The SMILES string of the molecule is CN1CCN(c2cccc(O[B]Oc3cccc(N4CCN(C)CC4)c3)c2)CC1. The number of nitrogens with zero attached hydrogens (tertiary/aromatic N) is 4. The third-order valence-electron chi connectivity index (χ3n) is 5.74. The average molecular weight is 393 g/mol. The van der Waals surface area contributed by atoms with Crippen LogP contribution in [0.3, 0.4) is 0 Å². The molecular formula is C22H30BN4O2. The molecule has 0 spiro atoms. The molecule has 7 heteroatoms. The highest BCUT2D eigenvalue weighted by Crippen LogP contribution is 2.24. The van der Waals surface area contributed by atoms with Crippen molar-refractivity contribution in [2.24, 2.45) is 0 Å². The molecule has 29 heavy (non-hydrogen) atoms. The maximum Gasteiger partial charge on any atom is 0.658 e. The summed E-state index contributed by atoms with van der Waals surface area (Å²) in [4.78, 5) is 9.50. The first-order chi connectivity index (χ1) is 14.2. The van der Waals surface area contributed by atoms with E-state index in [2.05, 4.69) is 58.0 Å². The largest absolute Gasteiger partial charge is 0.658 e. The van der Waals surface area contributed by atoms with Crippen molar-refractivity contribution in [3.8, 4) is 11.5 Å². The van der Waals surface area contributed by atoms with Crippen LogP contribution in [0.5, 0.6) is 11.5 Å². The van der Waals surface area contributed by atoms with Gasteiger partial charge in [0.1, 0.15) is 11.5 Å². The standard InChI is InChI=1S/C22H30BN4O2/c1-24-9-13-26(14-10-24)19-5-3-7-21(17-19)28-23-29-22-8-4-6-20(18-22)27-15-11-25(2)12-16-27/h3-8,17-18H,9-16H2,1-2H3. The lowest BCUT2D eigenvalue weighted by Gasteiger charge is -2.34. The van der Waals surface area contributed by atoms with Gasteiger partial charge < -0.3 is 28.9 Å². The van der Waals surface area contributed by atoms with Gasteiger partial charge in [-0.2, -0.15) is 0 Å². The number of benzene rings is 2. The third kappa shape index (κ3) is 5.37. The predicted molar refractivity (Wildman–Crippen MR) is 119 cm³/mol. The van der Waals surface area contributed by atoms with E-state index in [0.29, 0.717) is 0 Å². The average Bonchev–Trinajstić information content (AvgIpc) is 2.75. The molecule has 0 saturated carbocycles. The fourth-order valence-electron chi connectivity index (χ4n) is 3.77. The molecule has 2 aliphatic heterocycles. The van der Waals surface area contributed by atoms with E-state index in [4.69, 9.17) is 9.31 Å². The predicted octanol–water partition coefficient (Wildman–Crippen LogP) is 2.18. The molecule has 0 aromatic heterocycles. The van der Waals surface area contributed by atoms with Gasteiger partial charge in [0, 0.05) is 75.9 Å². The Morgan fingerprint density at radius 3 is 1.45 bits per heavy atom. The molecule has 6 nitrogen and oxygen atoms in total. The maximum absolute atomic E-state index is 5.76. The van der Waals surface area contributed by atoms with Gasteiger partial charge in [-0.25, -0.2) is 0 Å². The summed E-state index contributed by atoms with van der Waals surface area (Å²) in [5.41, 5.74) is 2.39. The summed E-state index contributed by atoms with van der Waals surface area (Å²) < 4.78 is 11.5. The zero-order chi connectivity index (χ0) is 20.1. The second kappa shape index (κ2) is 9.42. The minimum atomic E-state index is 0.789. The highest BCUT2D eigenvalue weighted by molar-refractivity contribution is 6.20. The second-order valence-corrected chi connectivity index (χ2v) is 7.91. The number of hydrogen-bond donors (Lipinski definition) is 0. The van der Waals surface area contributed by atoms with E-state index < -0.39 is 0 Å². The Bertz CT molecular complexity index is 724. The van der Waals surface area contributed by atoms with Gasteiger partial charge in [0.15, 0.2) is 0 Å². The van der Waals surface area contributed by atoms with Crippen LogP contribution in [0.4, 0.5) is 11.4 Å². The molecule has 4 rings (SSSR count). The fraction of sp³-hybridized carbons (Fsp3) is 0.455. The van der Waals surface area contributed by atoms with Crippen LogP contribution in [-0.2, 0) is 0 Å². The zero-order valence-electron chi connectivity index (χ0n) is 17.5. The highest BCUT2D eigenvalue weighted by Gasteiger charge is 2.16. The molecule has 1 radical (unpaired) electrons. The Balaban J connectivity index is 1.30. The van der Waals surface area contributed by atoms with Crippen molar-refractivity contribution >= 4 is 19.1 Å². The number of hydrogen-bond acceptors (Lipinski definition) is 6. The quantitative estimate of drug-likeness (QED) is 0.700. The van der Waals surface area contributed by atoms with Crippen LogP contribution in [0.1, 0.15) is 0 Å². The lowest BCUT2D eigenvalue weighted by atomic mass is 10.2. The first-order valence-corrected chi connectivity index (χ1v) is 10.4. The summed E-state index contributed by atoms with van der Waals surface area (Å²) in [6, 6.07) is 16.4. The Hall–Kier alpha value is -2.38. The lowest BCUT2D eigenvalue weighted by Crippen LogP contribution is -2.44. The summed E-state index contributed by atoms with van der Waals surface area (Å²) in [6.07, 6.45) is 0. The van der Waals surface area contributed by atoms with E-state index >= 15 is 0 Å². The Kier molecular flexibility index (Phi) is 6.47.